The molecule has 158 valence electrons. The van der Waals surface area contributed by atoms with Gasteiger partial charge in [-0.05, 0) is 24.3 Å². The molecule has 0 aliphatic carbocycles. The van der Waals surface area contributed by atoms with E-state index in [-0.39, 0.29) is 0 Å². The number of rotatable bonds is 9. The Hall–Kier alpha value is -3.17. The molecule has 4 aromatic rings. The van der Waals surface area contributed by atoms with E-state index in [0.29, 0.717) is 12.3 Å². The van der Waals surface area contributed by atoms with Crippen LogP contribution in [0.5, 0.6) is 11.5 Å². The highest BCUT2D eigenvalue weighted by molar-refractivity contribution is 7.98. The lowest BCUT2D eigenvalue weighted by atomic mass is 10.2. The molecule has 0 aliphatic rings. The van der Waals surface area contributed by atoms with Crippen molar-refractivity contribution in [2.45, 2.75) is 17.5 Å². The summed E-state index contributed by atoms with van der Waals surface area (Å²) in [7, 11) is 3.29. The second-order valence-corrected chi connectivity index (χ2v) is 8.24. The molecule has 0 amide bonds. The van der Waals surface area contributed by atoms with Gasteiger partial charge in [-0.15, -0.1) is 28.1 Å². The van der Waals surface area contributed by atoms with Gasteiger partial charge in [0, 0.05) is 41.7 Å². The Labute approximate surface area is 188 Å². The van der Waals surface area contributed by atoms with Crippen LogP contribution in [-0.2, 0) is 12.3 Å². The van der Waals surface area contributed by atoms with Crippen molar-refractivity contribution in [2.24, 2.45) is 0 Å². The summed E-state index contributed by atoms with van der Waals surface area (Å²) in [4.78, 5) is 8.86. The number of methoxy groups -OCH3 is 2. The number of aromatic nitrogens is 5. The molecule has 0 saturated carbocycles. The maximum Gasteiger partial charge on any atom is 0.192 e. The minimum Gasteiger partial charge on any atom is -0.497 e. The number of hydrogen-bond acceptors (Lipinski definition) is 8. The second kappa shape index (κ2) is 9.76. The molecule has 4 rings (SSSR count). The number of allylic oxidation sites excluding steroid dienone is 1. The van der Waals surface area contributed by atoms with Crippen LogP contribution in [0.2, 0.25) is 0 Å². The summed E-state index contributed by atoms with van der Waals surface area (Å²) < 4.78 is 12.8. The van der Waals surface area contributed by atoms with Crippen molar-refractivity contribution in [3.05, 3.63) is 66.5 Å². The summed E-state index contributed by atoms with van der Waals surface area (Å²) in [6.07, 6.45) is 5.34. The van der Waals surface area contributed by atoms with Crippen LogP contribution in [0.4, 0.5) is 0 Å². The van der Waals surface area contributed by atoms with Gasteiger partial charge in [0.15, 0.2) is 11.0 Å². The van der Waals surface area contributed by atoms with E-state index in [4.69, 9.17) is 14.5 Å². The van der Waals surface area contributed by atoms with Crippen LogP contribution in [-0.4, -0.2) is 39.0 Å². The van der Waals surface area contributed by atoms with Crippen LogP contribution in [0, 0.1) is 0 Å². The van der Waals surface area contributed by atoms with Crippen molar-refractivity contribution in [3.8, 4) is 33.5 Å². The van der Waals surface area contributed by atoms with Gasteiger partial charge in [-0.2, -0.15) is 0 Å². The molecule has 0 unspecified atom stereocenters. The molecule has 1 aromatic carbocycles. The molecule has 7 nitrogen and oxygen atoms in total. The Morgan fingerprint density at radius 3 is 2.71 bits per heavy atom. The fraction of sp³-hybridized carbons (Fsp3) is 0.182. The molecular weight excluding hydrogens is 430 g/mol. The first-order chi connectivity index (χ1) is 15.2. The summed E-state index contributed by atoms with van der Waals surface area (Å²) in [6, 6.07) is 9.59. The third kappa shape index (κ3) is 4.62. The molecule has 0 bridgehead atoms. The Morgan fingerprint density at radius 1 is 1.13 bits per heavy atom. The van der Waals surface area contributed by atoms with Crippen molar-refractivity contribution in [1.82, 2.24) is 24.7 Å². The maximum absolute atomic E-state index is 5.51. The lowest BCUT2D eigenvalue weighted by Gasteiger charge is -2.08. The number of thioether (sulfide) groups is 1. The number of ether oxygens (including phenoxy) is 2. The zero-order chi connectivity index (χ0) is 21.6. The molecule has 3 aromatic heterocycles. The lowest BCUT2D eigenvalue weighted by molar-refractivity contribution is 0.395. The smallest absolute Gasteiger partial charge is 0.192 e. The fourth-order valence-electron chi connectivity index (χ4n) is 3.01. The van der Waals surface area contributed by atoms with Crippen molar-refractivity contribution in [2.75, 3.05) is 14.2 Å². The van der Waals surface area contributed by atoms with Crippen molar-refractivity contribution in [1.29, 1.82) is 0 Å². The summed E-state index contributed by atoms with van der Waals surface area (Å²) in [5.41, 5.74) is 2.89. The number of benzene rings is 1. The Kier molecular flexibility index (Phi) is 6.63. The monoisotopic (exact) mass is 451 g/mol. The molecule has 9 heteroatoms. The van der Waals surface area contributed by atoms with Crippen LogP contribution in [0.25, 0.3) is 22.0 Å². The van der Waals surface area contributed by atoms with Crippen molar-refractivity contribution < 1.29 is 9.47 Å². The average molecular weight is 452 g/mol. The maximum atomic E-state index is 5.51. The van der Waals surface area contributed by atoms with Crippen LogP contribution < -0.4 is 9.47 Å². The third-order valence-corrected chi connectivity index (χ3v) is 6.43. The van der Waals surface area contributed by atoms with Crippen molar-refractivity contribution in [3.63, 3.8) is 0 Å². The van der Waals surface area contributed by atoms with E-state index in [9.17, 15) is 0 Å². The van der Waals surface area contributed by atoms with Crippen LogP contribution >= 0.6 is 23.1 Å². The van der Waals surface area contributed by atoms with Crippen molar-refractivity contribution >= 4 is 23.1 Å². The van der Waals surface area contributed by atoms with E-state index in [2.05, 4.69) is 27.1 Å². The van der Waals surface area contributed by atoms with Gasteiger partial charge in [0.05, 0.1) is 25.5 Å². The average Bonchev–Trinajstić information content (AvgIpc) is 3.45. The van der Waals surface area contributed by atoms with Gasteiger partial charge in [-0.1, -0.05) is 17.8 Å². The van der Waals surface area contributed by atoms with Gasteiger partial charge in [0.1, 0.15) is 16.5 Å². The minimum absolute atomic E-state index is 0.623. The SMILES string of the molecule is C=CCn1c(SCc2csc(-c3ccc(OC)cc3OC)n2)nnc1-c1ccncc1. The summed E-state index contributed by atoms with van der Waals surface area (Å²) in [5, 5.41) is 12.6. The Balaban J connectivity index is 1.53. The highest BCUT2D eigenvalue weighted by Crippen LogP contribution is 2.36. The molecule has 0 spiro atoms. The van der Waals surface area contributed by atoms with E-state index in [1.807, 2.05) is 41.0 Å². The normalized spacial score (nSPS) is 10.8. The van der Waals surface area contributed by atoms with Crippen LogP contribution in [0.3, 0.4) is 0 Å². The van der Waals surface area contributed by atoms with Gasteiger partial charge in [-0.3, -0.25) is 9.55 Å². The first kappa shape index (κ1) is 21.1. The highest BCUT2D eigenvalue weighted by Gasteiger charge is 2.15. The van der Waals surface area contributed by atoms with Gasteiger partial charge >= 0.3 is 0 Å². The number of thiazole rings is 1. The first-order valence-corrected chi connectivity index (χ1v) is 11.3. The minimum atomic E-state index is 0.623. The molecule has 31 heavy (non-hydrogen) atoms. The highest BCUT2D eigenvalue weighted by atomic mass is 32.2. The van der Waals surface area contributed by atoms with Crippen LogP contribution in [0.1, 0.15) is 5.69 Å². The van der Waals surface area contributed by atoms with Gasteiger partial charge in [0.2, 0.25) is 0 Å². The predicted octanol–water partition coefficient (Wildman–Crippen LogP) is 4.96. The lowest BCUT2D eigenvalue weighted by Crippen LogP contribution is -2.00. The largest absolute Gasteiger partial charge is 0.497 e. The summed E-state index contributed by atoms with van der Waals surface area (Å²) in [6.45, 7) is 4.49. The molecule has 0 N–H and O–H groups in total. The molecular formula is C22H21N5O2S2. The predicted molar refractivity (Wildman–Crippen MR) is 124 cm³/mol. The molecule has 0 radical (unpaired) electrons. The van der Waals surface area contributed by atoms with Crippen LogP contribution in [0.15, 0.2) is 65.9 Å². The van der Waals surface area contributed by atoms with E-state index in [1.165, 1.54) is 0 Å². The van der Waals surface area contributed by atoms with Gasteiger partial charge in [-0.25, -0.2) is 4.98 Å². The third-order valence-electron chi connectivity index (χ3n) is 4.51. The van der Waals surface area contributed by atoms with Gasteiger partial charge < -0.3 is 9.47 Å². The molecule has 0 saturated heterocycles. The van der Waals surface area contributed by atoms with E-state index in [0.717, 1.165) is 44.3 Å². The number of nitrogens with zero attached hydrogens (tertiary/aromatic N) is 5. The quantitative estimate of drug-likeness (QED) is 0.263. The topological polar surface area (TPSA) is 75.0 Å². The van der Waals surface area contributed by atoms with Gasteiger partial charge in [0.25, 0.3) is 0 Å². The Morgan fingerprint density at radius 2 is 1.97 bits per heavy atom. The zero-order valence-corrected chi connectivity index (χ0v) is 18.8. The van der Waals surface area contributed by atoms with E-state index in [1.54, 1.807) is 49.7 Å². The zero-order valence-electron chi connectivity index (χ0n) is 17.2. The van der Waals surface area contributed by atoms with E-state index < -0.39 is 0 Å². The standard InChI is InChI=1S/C22H21N5O2S2/c1-4-11-27-20(15-7-9-23-10-8-15)25-26-22(27)31-14-16-13-30-21(24-16)18-6-5-17(28-2)12-19(18)29-3/h4-10,12-13H,1,11,14H2,2-3H3. The summed E-state index contributed by atoms with van der Waals surface area (Å²) >= 11 is 3.19. The Bertz CT molecular complexity index is 1170. The molecule has 0 atom stereocenters. The molecule has 3 heterocycles. The first-order valence-electron chi connectivity index (χ1n) is 9.47. The number of hydrogen-bond donors (Lipinski definition) is 0. The summed E-state index contributed by atoms with van der Waals surface area (Å²) in [5.74, 6) is 2.97. The molecule has 0 fully saturated rings. The molecule has 0 aliphatic heterocycles. The number of pyridine rings is 1. The van der Waals surface area contributed by atoms with E-state index >= 15 is 0 Å². The second-order valence-electron chi connectivity index (χ2n) is 6.44. The fourth-order valence-corrected chi connectivity index (χ4v) is 4.81.